The average molecular weight is 440 g/mol. The zero-order chi connectivity index (χ0) is 22.7. The van der Waals surface area contributed by atoms with Crippen molar-refractivity contribution in [3.63, 3.8) is 0 Å². The number of ether oxygens (including phenoxy) is 1. The predicted molar refractivity (Wildman–Crippen MR) is 120 cm³/mol. The largest absolute Gasteiger partial charge is 0.442 e. The summed E-state index contributed by atoms with van der Waals surface area (Å²) in [5.41, 5.74) is 1.73. The Balaban J connectivity index is 1.47. The maximum Gasteiger partial charge on any atom is 0.414 e. The van der Waals surface area contributed by atoms with Crippen molar-refractivity contribution < 1.29 is 18.7 Å². The Morgan fingerprint density at radius 3 is 2.59 bits per heavy atom. The van der Waals surface area contributed by atoms with Gasteiger partial charge in [0, 0.05) is 25.7 Å². The van der Waals surface area contributed by atoms with Gasteiger partial charge in [0.05, 0.1) is 30.2 Å². The van der Waals surface area contributed by atoms with E-state index in [2.05, 4.69) is 15.5 Å². The number of nitrogens with one attached hydrogen (secondary N) is 2. The fourth-order valence-corrected chi connectivity index (χ4v) is 3.88. The monoisotopic (exact) mass is 440 g/mol. The molecule has 9 heteroatoms. The number of benzene rings is 1. The van der Waals surface area contributed by atoms with Crippen LogP contribution in [-0.4, -0.2) is 44.3 Å². The molecule has 0 radical (unpaired) electrons. The van der Waals surface area contributed by atoms with Crippen LogP contribution in [0.15, 0.2) is 47.3 Å². The van der Waals surface area contributed by atoms with Crippen molar-refractivity contribution in [2.45, 2.75) is 25.9 Å². The number of nitrogens with zero attached hydrogens (tertiary/aromatic N) is 2. The number of carbonyl (C=O) groups excluding carboxylic acids is 2. The van der Waals surface area contributed by atoms with Crippen LogP contribution in [0.1, 0.15) is 19.8 Å². The van der Waals surface area contributed by atoms with Crippen molar-refractivity contribution in [1.82, 2.24) is 5.32 Å². The van der Waals surface area contributed by atoms with Crippen LogP contribution < -0.4 is 25.9 Å². The van der Waals surface area contributed by atoms with Gasteiger partial charge in [-0.15, -0.1) is 0 Å². The minimum atomic E-state index is -0.590. The first kappa shape index (κ1) is 21.6. The summed E-state index contributed by atoms with van der Waals surface area (Å²) in [6, 6.07) is 11.0. The molecular weight excluding hydrogens is 415 g/mol. The zero-order valence-corrected chi connectivity index (χ0v) is 17.8. The van der Waals surface area contributed by atoms with E-state index in [-0.39, 0.29) is 30.1 Å². The Kier molecular flexibility index (Phi) is 6.25. The first-order valence-corrected chi connectivity index (χ1v) is 10.6. The normalized spacial score (nSPS) is 17.9. The zero-order valence-electron chi connectivity index (χ0n) is 17.8. The summed E-state index contributed by atoms with van der Waals surface area (Å²) in [7, 11) is 0. The quantitative estimate of drug-likeness (QED) is 0.718. The number of rotatable bonds is 6. The van der Waals surface area contributed by atoms with Gasteiger partial charge < -0.3 is 20.3 Å². The highest BCUT2D eigenvalue weighted by Gasteiger charge is 2.32. The van der Waals surface area contributed by atoms with Crippen molar-refractivity contribution in [3.8, 4) is 0 Å². The van der Waals surface area contributed by atoms with E-state index in [0.29, 0.717) is 17.1 Å². The summed E-state index contributed by atoms with van der Waals surface area (Å²) < 4.78 is 20.0. The Hall–Kier alpha value is -3.62. The SMILES string of the molecule is CC(=O)NC[C@H]1CN(c2ccc(Nc3ccc(N4CCCC4)c(=O)cc3)c(F)c2)C(=O)O1. The van der Waals surface area contributed by atoms with E-state index in [9.17, 15) is 18.8 Å². The Morgan fingerprint density at radius 1 is 1.12 bits per heavy atom. The van der Waals surface area contributed by atoms with Crippen LogP contribution in [0.5, 0.6) is 0 Å². The van der Waals surface area contributed by atoms with Crippen molar-refractivity contribution in [2.24, 2.45) is 0 Å². The number of hydrogen-bond donors (Lipinski definition) is 2. The molecule has 8 nitrogen and oxygen atoms in total. The van der Waals surface area contributed by atoms with Gasteiger partial charge in [0.15, 0.2) is 0 Å². The molecular formula is C23H25FN4O4. The third kappa shape index (κ3) is 4.82. The molecule has 0 spiro atoms. The van der Waals surface area contributed by atoms with Crippen LogP contribution in [-0.2, 0) is 9.53 Å². The van der Waals surface area contributed by atoms with Gasteiger partial charge in [0.1, 0.15) is 11.9 Å². The molecule has 2 fully saturated rings. The summed E-state index contributed by atoms with van der Waals surface area (Å²) in [6.45, 7) is 3.52. The van der Waals surface area contributed by atoms with Crippen LogP contribution in [0, 0.1) is 5.82 Å². The molecule has 0 aliphatic carbocycles. The van der Waals surface area contributed by atoms with Crippen LogP contribution in [0.4, 0.5) is 31.9 Å². The molecule has 0 bridgehead atoms. The second-order valence-electron chi connectivity index (χ2n) is 7.91. The minimum Gasteiger partial charge on any atom is -0.442 e. The summed E-state index contributed by atoms with van der Waals surface area (Å²) in [6.07, 6.45) is 1.05. The second-order valence-corrected chi connectivity index (χ2v) is 7.91. The number of anilines is 4. The minimum absolute atomic E-state index is 0.0721. The van der Waals surface area contributed by atoms with Gasteiger partial charge in [-0.1, -0.05) is 0 Å². The van der Waals surface area contributed by atoms with Crippen LogP contribution in [0.3, 0.4) is 0 Å². The summed E-state index contributed by atoms with van der Waals surface area (Å²) >= 11 is 0. The maximum atomic E-state index is 14.8. The van der Waals surface area contributed by atoms with Crippen molar-refractivity contribution >= 4 is 34.7 Å². The topological polar surface area (TPSA) is 91.0 Å². The fourth-order valence-electron chi connectivity index (χ4n) is 3.88. The number of carbonyl (C=O) groups is 2. The third-order valence-corrected chi connectivity index (χ3v) is 5.53. The van der Waals surface area contributed by atoms with Crippen LogP contribution >= 0.6 is 0 Å². The first-order valence-electron chi connectivity index (χ1n) is 10.6. The molecule has 2 aliphatic heterocycles. The molecule has 0 saturated carbocycles. The van der Waals surface area contributed by atoms with Crippen LogP contribution in [0.2, 0.25) is 0 Å². The van der Waals surface area contributed by atoms with Crippen molar-refractivity contribution in [3.05, 3.63) is 58.5 Å². The molecule has 2 heterocycles. The molecule has 32 heavy (non-hydrogen) atoms. The van der Waals surface area contributed by atoms with E-state index in [1.54, 1.807) is 24.3 Å². The lowest BCUT2D eigenvalue weighted by molar-refractivity contribution is -0.119. The highest BCUT2D eigenvalue weighted by molar-refractivity contribution is 5.90. The summed E-state index contributed by atoms with van der Waals surface area (Å²) in [4.78, 5) is 39.0. The lowest BCUT2D eigenvalue weighted by atomic mass is 10.2. The van der Waals surface area contributed by atoms with Gasteiger partial charge in [-0.2, -0.15) is 0 Å². The lowest BCUT2D eigenvalue weighted by Gasteiger charge is -2.15. The van der Waals surface area contributed by atoms with Crippen molar-refractivity contribution in [1.29, 1.82) is 0 Å². The van der Waals surface area contributed by atoms with E-state index in [0.717, 1.165) is 25.9 Å². The van der Waals surface area contributed by atoms with Gasteiger partial charge >= 0.3 is 6.09 Å². The Morgan fingerprint density at radius 2 is 1.88 bits per heavy atom. The lowest BCUT2D eigenvalue weighted by Crippen LogP contribution is -2.33. The number of cyclic esters (lactones) is 1. The van der Waals surface area contributed by atoms with E-state index in [1.165, 1.54) is 30.0 Å². The van der Waals surface area contributed by atoms with E-state index in [1.807, 2.05) is 0 Å². The number of halogens is 1. The van der Waals surface area contributed by atoms with Crippen molar-refractivity contribution in [2.75, 3.05) is 41.3 Å². The standard InChI is InChI=1S/C23H25FN4O4/c1-15(29)25-13-18-14-28(23(31)32-18)17-6-7-20(19(24)12-17)26-16-4-8-21(22(30)9-5-16)27-10-2-3-11-27/h4-9,12,18,26H,2-3,10-11,13-14H2,1H3,(H,25,29)/t18-/m0/s1. The van der Waals surface area contributed by atoms with E-state index < -0.39 is 18.0 Å². The maximum absolute atomic E-state index is 14.8. The van der Waals surface area contributed by atoms with E-state index >= 15 is 0 Å². The molecule has 1 atom stereocenters. The highest BCUT2D eigenvalue weighted by Crippen LogP contribution is 2.28. The molecule has 2 amide bonds. The number of hydrogen-bond acceptors (Lipinski definition) is 6. The highest BCUT2D eigenvalue weighted by atomic mass is 19.1. The van der Waals surface area contributed by atoms with Gasteiger partial charge in [-0.3, -0.25) is 14.5 Å². The average Bonchev–Trinajstić information content (AvgIpc) is 3.37. The second kappa shape index (κ2) is 9.25. The predicted octanol–water partition coefficient (Wildman–Crippen LogP) is 2.99. The molecule has 2 aromatic carbocycles. The molecule has 168 valence electrons. The smallest absolute Gasteiger partial charge is 0.414 e. The molecule has 0 unspecified atom stereocenters. The molecule has 2 aliphatic rings. The van der Waals surface area contributed by atoms with Gasteiger partial charge in [0.2, 0.25) is 11.3 Å². The fraction of sp³-hybridized carbons (Fsp3) is 0.348. The molecule has 4 rings (SSSR count). The molecule has 0 aromatic heterocycles. The van der Waals surface area contributed by atoms with Gasteiger partial charge in [0.25, 0.3) is 0 Å². The van der Waals surface area contributed by atoms with Gasteiger partial charge in [-0.05, 0) is 55.3 Å². The first-order chi connectivity index (χ1) is 15.4. The summed E-state index contributed by atoms with van der Waals surface area (Å²) in [5, 5.41) is 5.60. The molecule has 2 N–H and O–H groups in total. The Bertz CT molecular complexity index is 1090. The molecule has 2 aromatic rings. The number of amides is 2. The van der Waals surface area contributed by atoms with Crippen LogP contribution in [0.25, 0.3) is 0 Å². The third-order valence-electron chi connectivity index (χ3n) is 5.53. The van der Waals surface area contributed by atoms with Gasteiger partial charge in [-0.25, -0.2) is 9.18 Å². The van der Waals surface area contributed by atoms with E-state index in [4.69, 9.17) is 4.74 Å². The molecule has 2 saturated heterocycles. The summed E-state index contributed by atoms with van der Waals surface area (Å²) in [5.74, 6) is -0.763. The Labute approximate surface area is 185 Å².